The number of rotatable bonds is 5. The Hall–Kier alpha value is -6.92. The average molecular weight is 600 g/mol. The van der Waals surface area contributed by atoms with E-state index in [4.69, 9.17) is 0 Å². The van der Waals surface area contributed by atoms with E-state index < -0.39 is 0 Å². The molecule has 7 aromatic rings. The van der Waals surface area contributed by atoms with Crippen LogP contribution in [0.1, 0.15) is 29.2 Å². The van der Waals surface area contributed by atoms with Gasteiger partial charge in [0.25, 0.3) is 0 Å². The van der Waals surface area contributed by atoms with E-state index in [2.05, 4.69) is 60.0 Å². The summed E-state index contributed by atoms with van der Waals surface area (Å²) in [5, 5.41) is 40.0. The summed E-state index contributed by atoms with van der Waals surface area (Å²) in [5.41, 5.74) is 12.6. The number of hydrogen-bond donors (Lipinski definition) is 0. The van der Waals surface area contributed by atoms with Gasteiger partial charge in [0.1, 0.15) is 0 Å². The number of aromatic nitrogens is 1. The molecule has 0 radical (unpaired) electrons. The molecule has 0 saturated heterocycles. The van der Waals surface area contributed by atoms with Gasteiger partial charge in [-0.2, -0.15) is 21.0 Å². The fraction of sp³-hybridized carbons (Fsp3) is 0.0476. The maximum Gasteiger partial charge on any atom is 0.0991 e. The van der Waals surface area contributed by atoms with Gasteiger partial charge in [0.2, 0.25) is 0 Å². The molecular formula is C42H25N5. The predicted molar refractivity (Wildman–Crippen MR) is 186 cm³/mol. The molecule has 0 atom stereocenters. The van der Waals surface area contributed by atoms with E-state index in [0.29, 0.717) is 28.8 Å². The molecule has 0 aliphatic heterocycles. The molecule has 5 nitrogen and oxygen atoms in total. The lowest BCUT2D eigenvalue weighted by Gasteiger charge is -2.14. The SMILES string of the molecule is CCn1c2c(-c3ccc(C#N)cc3)cc(-c3ccc(C#N)cc3)cc2c2cc(-c3ccc(C#N)cc3)cc(-c3ccc(C#N)cc3)c21. The van der Waals surface area contributed by atoms with Crippen LogP contribution in [0.5, 0.6) is 0 Å². The molecular weight excluding hydrogens is 574 g/mol. The summed E-state index contributed by atoms with van der Waals surface area (Å²) in [6.45, 7) is 2.85. The van der Waals surface area contributed by atoms with Crippen molar-refractivity contribution in [1.82, 2.24) is 4.57 Å². The highest BCUT2D eigenvalue weighted by Crippen LogP contribution is 2.44. The molecule has 1 heterocycles. The topological polar surface area (TPSA) is 100 Å². The smallest absolute Gasteiger partial charge is 0.0991 e. The summed E-state index contributed by atoms with van der Waals surface area (Å²) in [5.74, 6) is 0. The quantitative estimate of drug-likeness (QED) is 0.196. The van der Waals surface area contributed by atoms with E-state index >= 15 is 0 Å². The van der Waals surface area contributed by atoms with Crippen molar-refractivity contribution in [2.45, 2.75) is 13.5 Å². The fourth-order valence-electron chi connectivity index (χ4n) is 6.39. The first-order chi connectivity index (χ1) is 23.0. The molecule has 0 unspecified atom stereocenters. The number of fused-ring (bicyclic) bond motifs is 3. The zero-order chi connectivity index (χ0) is 32.5. The number of hydrogen-bond acceptors (Lipinski definition) is 4. The monoisotopic (exact) mass is 599 g/mol. The highest BCUT2D eigenvalue weighted by atomic mass is 15.0. The first-order valence-corrected chi connectivity index (χ1v) is 15.2. The molecule has 7 rings (SSSR count). The van der Waals surface area contributed by atoms with Crippen LogP contribution in [0.2, 0.25) is 0 Å². The third kappa shape index (κ3) is 5.06. The summed E-state index contributed by atoms with van der Waals surface area (Å²) in [4.78, 5) is 0. The van der Waals surface area contributed by atoms with Crippen LogP contribution >= 0.6 is 0 Å². The molecule has 0 saturated carbocycles. The third-order valence-corrected chi connectivity index (χ3v) is 8.71. The number of aryl methyl sites for hydroxylation is 1. The Morgan fingerprint density at radius 3 is 0.979 bits per heavy atom. The molecule has 5 heteroatoms. The van der Waals surface area contributed by atoms with Crippen molar-refractivity contribution in [3.8, 4) is 68.8 Å². The molecule has 0 spiro atoms. The number of nitrogens with zero attached hydrogens (tertiary/aromatic N) is 5. The van der Waals surface area contributed by atoms with Crippen molar-refractivity contribution in [3.05, 3.63) is 144 Å². The van der Waals surface area contributed by atoms with Gasteiger partial charge in [-0.15, -0.1) is 0 Å². The second-order valence-corrected chi connectivity index (χ2v) is 11.3. The van der Waals surface area contributed by atoms with Crippen LogP contribution in [0.4, 0.5) is 0 Å². The van der Waals surface area contributed by atoms with E-state index in [1.54, 1.807) is 0 Å². The van der Waals surface area contributed by atoms with Gasteiger partial charge in [-0.25, -0.2) is 0 Å². The van der Waals surface area contributed by atoms with E-state index in [9.17, 15) is 21.0 Å². The summed E-state index contributed by atoms with van der Waals surface area (Å²) in [6, 6.07) is 48.3. The second-order valence-electron chi connectivity index (χ2n) is 11.3. The standard InChI is InChI=1S/C42H25N5/c1-2-47-41-37(33-15-7-29(25-45)8-16-33)19-35(31-11-3-27(23-43)4-12-31)21-39(41)40-22-36(32-13-5-28(24-44)6-14-32)20-38(42(40)47)34-17-9-30(26-46)10-18-34/h3-22H,2H2,1H3. The average Bonchev–Trinajstić information content (AvgIpc) is 3.47. The zero-order valence-corrected chi connectivity index (χ0v) is 25.5. The maximum atomic E-state index is 9.49. The lowest BCUT2D eigenvalue weighted by atomic mass is 9.92. The van der Waals surface area contributed by atoms with Crippen LogP contribution in [-0.2, 0) is 6.54 Å². The molecule has 218 valence electrons. The van der Waals surface area contributed by atoms with Crippen molar-refractivity contribution in [1.29, 1.82) is 21.0 Å². The minimum Gasteiger partial charge on any atom is -0.340 e. The van der Waals surface area contributed by atoms with Crippen LogP contribution in [0.3, 0.4) is 0 Å². The molecule has 6 aromatic carbocycles. The van der Waals surface area contributed by atoms with Crippen LogP contribution in [-0.4, -0.2) is 4.57 Å². The van der Waals surface area contributed by atoms with E-state index in [1.807, 2.05) is 97.1 Å². The van der Waals surface area contributed by atoms with Crippen LogP contribution in [0, 0.1) is 45.3 Å². The highest BCUT2D eigenvalue weighted by molar-refractivity contribution is 6.18. The van der Waals surface area contributed by atoms with Crippen LogP contribution in [0.15, 0.2) is 121 Å². The Morgan fingerprint density at radius 1 is 0.404 bits per heavy atom. The Morgan fingerprint density at radius 2 is 0.702 bits per heavy atom. The molecule has 0 amide bonds. The Bertz CT molecular complexity index is 2310. The first-order valence-electron chi connectivity index (χ1n) is 15.2. The summed E-state index contributed by atoms with van der Waals surface area (Å²) >= 11 is 0. The van der Waals surface area contributed by atoms with E-state index in [-0.39, 0.29) is 0 Å². The lowest BCUT2D eigenvalue weighted by Crippen LogP contribution is -1.98. The first kappa shape index (κ1) is 28.8. The molecule has 1 aromatic heterocycles. The highest BCUT2D eigenvalue weighted by Gasteiger charge is 2.21. The summed E-state index contributed by atoms with van der Waals surface area (Å²) < 4.78 is 2.36. The van der Waals surface area contributed by atoms with Gasteiger partial charge in [-0.3, -0.25) is 0 Å². The Balaban J connectivity index is 1.62. The van der Waals surface area contributed by atoms with Crippen molar-refractivity contribution < 1.29 is 0 Å². The maximum absolute atomic E-state index is 9.49. The Kier molecular flexibility index (Phi) is 7.28. The van der Waals surface area contributed by atoms with Gasteiger partial charge in [0.05, 0.1) is 57.6 Å². The minimum atomic E-state index is 0.597. The number of benzene rings is 6. The van der Waals surface area contributed by atoms with Gasteiger partial charge in [-0.05, 0) is 113 Å². The van der Waals surface area contributed by atoms with Crippen LogP contribution < -0.4 is 0 Å². The van der Waals surface area contributed by atoms with Crippen molar-refractivity contribution in [2.75, 3.05) is 0 Å². The minimum absolute atomic E-state index is 0.597. The van der Waals surface area contributed by atoms with Crippen molar-refractivity contribution in [2.24, 2.45) is 0 Å². The molecule has 0 aliphatic rings. The molecule has 0 aliphatic carbocycles. The summed E-state index contributed by atoms with van der Waals surface area (Å²) in [6.07, 6.45) is 0. The van der Waals surface area contributed by atoms with Gasteiger partial charge in [0.15, 0.2) is 0 Å². The normalized spacial score (nSPS) is 10.7. The molecule has 47 heavy (non-hydrogen) atoms. The largest absolute Gasteiger partial charge is 0.340 e. The van der Waals surface area contributed by atoms with Gasteiger partial charge in [0, 0.05) is 28.4 Å². The van der Waals surface area contributed by atoms with Crippen molar-refractivity contribution >= 4 is 21.8 Å². The number of nitriles is 4. The Labute approximate surface area is 272 Å². The van der Waals surface area contributed by atoms with E-state index in [0.717, 1.165) is 66.3 Å². The predicted octanol–water partition coefficient (Wildman–Crippen LogP) is 9.97. The second kappa shape index (κ2) is 11.9. The third-order valence-electron chi connectivity index (χ3n) is 8.71. The van der Waals surface area contributed by atoms with Gasteiger partial charge >= 0.3 is 0 Å². The van der Waals surface area contributed by atoms with Gasteiger partial charge in [-0.1, -0.05) is 48.5 Å². The lowest BCUT2D eigenvalue weighted by molar-refractivity contribution is 0.828. The van der Waals surface area contributed by atoms with Crippen LogP contribution in [0.25, 0.3) is 66.3 Å². The molecule has 0 bridgehead atoms. The molecule has 0 N–H and O–H groups in total. The summed E-state index contributed by atoms with van der Waals surface area (Å²) in [7, 11) is 0. The molecule has 0 fully saturated rings. The van der Waals surface area contributed by atoms with Crippen molar-refractivity contribution in [3.63, 3.8) is 0 Å². The fourth-order valence-corrected chi connectivity index (χ4v) is 6.39. The van der Waals surface area contributed by atoms with Gasteiger partial charge < -0.3 is 4.57 Å². The zero-order valence-electron chi connectivity index (χ0n) is 25.5. The van der Waals surface area contributed by atoms with E-state index in [1.165, 1.54) is 0 Å².